The first-order valence-corrected chi connectivity index (χ1v) is 5.05. The molecule has 1 aromatic carbocycles. The highest BCUT2D eigenvalue weighted by atomic mass is 16.5. The second kappa shape index (κ2) is 5.43. The molecule has 0 aliphatic heterocycles. The van der Waals surface area contributed by atoms with Crippen LogP contribution in [0, 0.1) is 6.92 Å². The summed E-state index contributed by atoms with van der Waals surface area (Å²) in [6, 6.07) is 1.73. The highest BCUT2D eigenvalue weighted by Crippen LogP contribution is 2.42. The summed E-state index contributed by atoms with van der Waals surface area (Å²) < 4.78 is 15.6. The van der Waals surface area contributed by atoms with Gasteiger partial charge in [-0.05, 0) is 18.6 Å². The number of aliphatic carboxylic acids is 1. The van der Waals surface area contributed by atoms with Crippen molar-refractivity contribution in [2.45, 2.75) is 13.3 Å². The standard InChI is InChI=1S/C12H16O5/c1-7-5-8(6-9(13)14)11(16-3)12(17-4)10(7)15-2/h5H,6H2,1-4H3,(H,13,14). The van der Waals surface area contributed by atoms with Crippen molar-refractivity contribution < 1.29 is 24.1 Å². The fraction of sp³-hybridized carbons (Fsp3) is 0.417. The van der Waals surface area contributed by atoms with Crippen molar-refractivity contribution in [2.24, 2.45) is 0 Å². The second-order valence-corrected chi connectivity index (χ2v) is 3.52. The summed E-state index contributed by atoms with van der Waals surface area (Å²) in [6.45, 7) is 1.83. The van der Waals surface area contributed by atoms with Gasteiger partial charge in [-0.3, -0.25) is 4.79 Å². The second-order valence-electron chi connectivity index (χ2n) is 3.52. The Hall–Kier alpha value is -1.91. The lowest BCUT2D eigenvalue weighted by molar-refractivity contribution is -0.136. The fourth-order valence-corrected chi connectivity index (χ4v) is 1.78. The molecule has 5 heteroatoms. The molecule has 94 valence electrons. The Bertz CT molecular complexity index is 425. The van der Waals surface area contributed by atoms with E-state index in [-0.39, 0.29) is 6.42 Å². The lowest BCUT2D eigenvalue weighted by Crippen LogP contribution is -2.05. The van der Waals surface area contributed by atoms with Crippen molar-refractivity contribution >= 4 is 5.97 Å². The van der Waals surface area contributed by atoms with Gasteiger partial charge in [-0.1, -0.05) is 0 Å². The Morgan fingerprint density at radius 1 is 1.12 bits per heavy atom. The average Bonchev–Trinajstić information content (AvgIpc) is 2.27. The molecule has 0 amide bonds. The van der Waals surface area contributed by atoms with Crippen LogP contribution < -0.4 is 14.2 Å². The highest BCUT2D eigenvalue weighted by Gasteiger charge is 2.19. The molecular formula is C12H16O5. The monoisotopic (exact) mass is 240 g/mol. The molecule has 0 unspecified atom stereocenters. The SMILES string of the molecule is COc1c(C)cc(CC(=O)O)c(OC)c1OC. The Labute approximate surface area is 99.9 Å². The Balaban J connectivity index is 3.41. The number of benzene rings is 1. The first-order valence-electron chi connectivity index (χ1n) is 5.05. The summed E-state index contributed by atoms with van der Waals surface area (Å²) in [5.74, 6) is 0.456. The minimum absolute atomic E-state index is 0.121. The van der Waals surface area contributed by atoms with Gasteiger partial charge < -0.3 is 19.3 Å². The molecule has 0 aliphatic carbocycles. The van der Waals surface area contributed by atoms with Crippen LogP contribution in [0.5, 0.6) is 17.2 Å². The molecule has 17 heavy (non-hydrogen) atoms. The van der Waals surface area contributed by atoms with Crippen molar-refractivity contribution in [1.82, 2.24) is 0 Å². The number of hydrogen-bond donors (Lipinski definition) is 1. The van der Waals surface area contributed by atoms with E-state index in [1.165, 1.54) is 21.3 Å². The number of hydrogen-bond acceptors (Lipinski definition) is 4. The Kier molecular flexibility index (Phi) is 4.20. The summed E-state index contributed by atoms with van der Waals surface area (Å²) in [6.07, 6.45) is -0.121. The smallest absolute Gasteiger partial charge is 0.307 e. The summed E-state index contributed by atoms with van der Waals surface area (Å²) in [5.41, 5.74) is 1.37. The highest BCUT2D eigenvalue weighted by molar-refractivity contribution is 5.73. The summed E-state index contributed by atoms with van der Waals surface area (Å²) in [5, 5.41) is 8.84. The maximum atomic E-state index is 10.8. The van der Waals surface area contributed by atoms with E-state index in [4.69, 9.17) is 19.3 Å². The zero-order valence-electron chi connectivity index (χ0n) is 10.4. The zero-order chi connectivity index (χ0) is 13.0. The molecule has 1 rings (SSSR count). The normalized spacial score (nSPS) is 9.88. The number of methoxy groups -OCH3 is 3. The molecule has 0 saturated carbocycles. The molecule has 0 radical (unpaired) electrons. The molecule has 0 aliphatic rings. The van der Waals surface area contributed by atoms with E-state index < -0.39 is 5.97 Å². The average molecular weight is 240 g/mol. The first-order chi connectivity index (χ1) is 8.04. The minimum Gasteiger partial charge on any atom is -0.492 e. The third-order valence-corrected chi connectivity index (χ3v) is 2.41. The van der Waals surface area contributed by atoms with Gasteiger partial charge in [0, 0.05) is 5.56 Å². The number of carboxylic acid groups (broad SMARTS) is 1. The van der Waals surface area contributed by atoms with E-state index in [1.54, 1.807) is 6.07 Å². The third kappa shape index (κ3) is 2.61. The van der Waals surface area contributed by atoms with Gasteiger partial charge >= 0.3 is 5.97 Å². The molecule has 0 bridgehead atoms. The largest absolute Gasteiger partial charge is 0.492 e. The maximum Gasteiger partial charge on any atom is 0.307 e. The molecule has 0 spiro atoms. The lowest BCUT2D eigenvalue weighted by Gasteiger charge is -2.17. The predicted molar refractivity (Wildman–Crippen MR) is 62.2 cm³/mol. The van der Waals surface area contributed by atoms with Crippen molar-refractivity contribution in [3.8, 4) is 17.2 Å². The lowest BCUT2D eigenvalue weighted by atomic mass is 10.1. The van der Waals surface area contributed by atoms with Crippen LogP contribution in [0.25, 0.3) is 0 Å². The van der Waals surface area contributed by atoms with Gasteiger partial charge in [0.2, 0.25) is 5.75 Å². The van der Waals surface area contributed by atoms with Gasteiger partial charge in [-0.15, -0.1) is 0 Å². The van der Waals surface area contributed by atoms with E-state index in [0.29, 0.717) is 22.8 Å². The van der Waals surface area contributed by atoms with Crippen LogP contribution in [0.1, 0.15) is 11.1 Å². The number of rotatable bonds is 5. The topological polar surface area (TPSA) is 65.0 Å². The summed E-state index contributed by atoms with van der Waals surface area (Å²) in [4.78, 5) is 10.8. The van der Waals surface area contributed by atoms with Crippen molar-refractivity contribution in [1.29, 1.82) is 0 Å². The van der Waals surface area contributed by atoms with Gasteiger partial charge in [0.25, 0.3) is 0 Å². The Morgan fingerprint density at radius 3 is 2.06 bits per heavy atom. The zero-order valence-corrected chi connectivity index (χ0v) is 10.4. The van der Waals surface area contributed by atoms with Crippen LogP contribution in [0.3, 0.4) is 0 Å². The van der Waals surface area contributed by atoms with Gasteiger partial charge in [0.05, 0.1) is 27.8 Å². The number of carbonyl (C=O) groups is 1. The molecule has 0 aromatic heterocycles. The number of aryl methyl sites for hydroxylation is 1. The molecule has 5 nitrogen and oxygen atoms in total. The predicted octanol–water partition coefficient (Wildman–Crippen LogP) is 1.65. The molecule has 0 atom stereocenters. The molecule has 1 N–H and O–H groups in total. The quantitative estimate of drug-likeness (QED) is 0.847. The van der Waals surface area contributed by atoms with Gasteiger partial charge in [-0.2, -0.15) is 0 Å². The Morgan fingerprint density at radius 2 is 1.65 bits per heavy atom. The van der Waals surface area contributed by atoms with Crippen LogP contribution in [0.2, 0.25) is 0 Å². The third-order valence-electron chi connectivity index (χ3n) is 2.41. The minimum atomic E-state index is -0.921. The van der Waals surface area contributed by atoms with Crippen LogP contribution in [0.15, 0.2) is 6.07 Å². The first kappa shape index (κ1) is 13.2. The van der Waals surface area contributed by atoms with Gasteiger partial charge in [0.15, 0.2) is 11.5 Å². The number of ether oxygens (including phenoxy) is 3. The fourth-order valence-electron chi connectivity index (χ4n) is 1.78. The molecular weight excluding hydrogens is 224 g/mol. The van der Waals surface area contributed by atoms with E-state index in [1.807, 2.05) is 6.92 Å². The van der Waals surface area contributed by atoms with E-state index >= 15 is 0 Å². The van der Waals surface area contributed by atoms with E-state index in [2.05, 4.69) is 0 Å². The molecule has 0 heterocycles. The number of carboxylic acids is 1. The van der Waals surface area contributed by atoms with E-state index in [9.17, 15) is 4.79 Å². The molecule has 0 saturated heterocycles. The van der Waals surface area contributed by atoms with E-state index in [0.717, 1.165) is 5.56 Å². The van der Waals surface area contributed by atoms with Crippen LogP contribution >= 0.6 is 0 Å². The van der Waals surface area contributed by atoms with Crippen molar-refractivity contribution in [2.75, 3.05) is 21.3 Å². The van der Waals surface area contributed by atoms with Crippen molar-refractivity contribution in [3.63, 3.8) is 0 Å². The summed E-state index contributed by atoms with van der Waals surface area (Å²) in [7, 11) is 4.49. The van der Waals surface area contributed by atoms with Crippen LogP contribution in [0.4, 0.5) is 0 Å². The van der Waals surface area contributed by atoms with Crippen molar-refractivity contribution in [3.05, 3.63) is 17.2 Å². The van der Waals surface area contributed by atoms with Crippen LogP contribution in [-0.2, 0) is 11.2 Å². The van der Waals surface area contributed by atoms with Gasteiger partial charge in [-0.25, -0.2) is 0 Å². The van der Waals surface area contributed by atoms with Crippen LogP contribution in [-0.4, -0.2) is 32.4 Å². The molecule has 0 fully saturated rings. The summed E-state index contributed by atoms with van der Waals surface area (Å²) >= 11 is 0. The molecule has 1 aromatic rings. The van der Waals surface area contributed by atoms with Gasteiger partial charge in [0.1, 0.15) is 0 Å². The maximum absolute atomic E-state index is 10.8.